The van der Waals surface area contributed by atoms with E-state index in [1.165, 1.54) is 40.5 Å². The van der Waals surface area contributed by atoms with E-state index in [0.29, 0.717) is 24.6 Å². The van der Waals surface area contributed by atoms with Gasteiger partial charge in [-0.1, -0.05) is 59.2 Å². The van der Waals surface area contributed by atoms with Gasteiger partial charge >= 0.3 is 0 Å². The molecule has 38 heavy (non-hydrogen) atoms. The minimum absolute atomic E-state index is 0.0436. The molecular weight excluding hydrogens is 633 g/mol. The third kappa shape index (κ3) is 9.15. The number of nitrogens with one attached hydrogen (secondary N) is 2. The average molecular weight is 657 g/mol. The smallest absolute Gasteiger partial charge is 0.230 e. The summed E-state index contributed by atoms with van der Waals surface area (Å²) in [5, 5.41) is 5.89. The third-order valence-electron chi connectivity index (χ3n) is 4.67. The molecule has 2 aromatic rings. The predicted molar refractivity (Wildman–Crippen MR) is 176 cm³/mol. The van der Waals surface area contributed by atoms with Crippen molar-refractivity contribution in [2.75, 3.05) is 24.0 Å². The van der Waals surface area contributed by atoms with Crippen LogP contribution in [0.4, 0.5) is 0 Å². The van der Waals surface area contributed by atoms with Crippen LogP contribution in [0.5, 0.6) is 0 Å². The number of carbonyl (C=O) groups is 2. The maximum absolute atomic E-state index is 12.6. The summed E-state index contributed by atoms with van der Waals surface area (Å²) in [6.07, 6.45) is 7.65. The van der Waals surface area contributed by atoms with E-state index in [1.807, 2.05) is 59.9 Å². The van der Waals surface area contributed by atoms with Crippen molar-refractivity contribution in [1.29, 1.82) is 0 Å². The lowest BCUT2D eigenvalue weighted by molar-refractivity contribution is -0.119. The summed E-state index contributed by atoms with van der Waals surface area (Å²) in [7, 11) is 0. The highest BCUT2D eigenvalue weighted by Crippen LogP contribution is 2.65. The Balaban J connectivity index is 1.36. The summed E-state index contributed by atoms with van der Waals surface area (Å²) < 4.78 is 7.26. The zero-order valence-corrected chi connectivity index (χ0v) is 27.0. The average Bonchev–Trinajstić information content (AvgIpc) is 3.57. The monoisotopic (exact) mass is 656 g/mol. The molecule has 2 amide bonds. The number of rotatable bonds is 12. The Hall–Kier alpha value is -0.740. The minimum atomic E-state index is -0.0436. The van der Waals surface area contributed by atoms with Gasteiger partial charge in [0, 0.05) is 12.4 Å². The maximum Gasteiger partial charge on any atom is 0.230 e. The standard InChI is InChI=1S/C24H24N4O2S8/c1-31-19-20(32-2)36-23(35-19)24-37-21(33-13-17(29)27-11-15-7-3-5-9-25-15)22(38-24)34-14-18(30)28-12-16-8-4-6-10-26-16/h3-10H,11-14H2,1-2H3,(H,27,29)(H,28,30). The van der Waals surface area contributed by atoms with Crippen molar-refractivity contribution in [2.45, 2.75) is 13.1 Å². The number of hydrogen-bond acceptors (Lipinski definition) is 12. The molecule has 2 aliphatic heterocycles. The van der Waals surface area contributed by atoms with Crippen molar-refractivity contribution in [3.05, 3.63) is 85.6 Å². The molecule has 0 spiro atoms. The highest BCUT2D eigenvalue weighted by atomic mass is 32.3. The first-order valence-electron chi connectivity index (χ1n) is 11.2. The number of nitrogens with zero attached hydrogens (tertiary/aromatic N) is 2. The van der Waals surface area contributed by atoms with Gasteiger partial charge in [-0.25, -0.2) is 0 Å². The van der Waals surface area contributed by atoms with Gasteiger partial charge in [0.25, 0.3) is 0 Å². The van der Waals surface area contributed by atoms with Crippen LogP contribution in [0.25, 0.3) is 0 Å². The first-order valence-corrected chi connectivity index (χ1v) is 18.9. The minimum Gasteiger partial charge on any atom is -0.350 e. The van der Waals surface area contributed by atoms with Gasteiger partial charge < -0.3 is 10.6 Å². The molecule has 14 heteroatoms. The van der Waals surface area contributed by atoms with E-state index in [9.17, 15) is 9.59 Å². The van der Waals surface area contributed by atoms with Gasteiger partial charge in [-0.15, -0.1) is 47.0 Å². The Labute approximate surface area is 256 Å². The van der Waals surface area contributed by atoms with Gasteiger partial charge in [0.1, 0.15) is 0 Å². The summed E-state index contributed by atoms with van der Waals surface area (Å²) >= 11 is 13.6. The number of thioether (sulfide) groups is 8. The number of amides is 2. The number of hydrogen-bond donors (Lipinski definition) is 2. The molecule has 4 rings (SSSR count). The van der Waals surface area contributed by atoms with E-state index in [-0.39, 0.29) is 11.8 Å². The Morgan fingerprint density at radius 2 is 1.11 bits per heavy atom. The van der Waals surface area contributed by atoms with Crippen LogP contribution in [0.1, 0.15) is 11.4 Å². The fourth-order valence-corrected chi connectivity index (χ4v) is 13.7. The van der Waals surface area contributed by atoms with E-state index in [1.54, 1.807) is 59.4 Å². The first-order chi connectivity index (χ1) is 18.6. The lowest BCUT2D eigenvalue weighted by Crippen LogP contribution is -2.25. The summed E-state index contributed by atoms with van der Waals surface area (Å²) in [6.45, 7) is 0.810. The zero-order valence-electron chi connectivity index (χ0n) is 20.4. The lowest BCUT2D eigenvalue weighted by Gasteiger charge is -2.07. The second kappa shape index (κ2) is 15.9. The number of carbonyl (C=O) groups excluding carboxylic acids is 2. The second-order valence-corrected chi connectivity index (χ2v) is 16.6. The molecule has 2 aliphatic rings. The van der Waals surface area contributed by atoms with Crippen LogP contribution in [0.2, 0.25) is 0 Å². The molecule has 0 aromatic carbocycles. The summed E-state index contributed by atoms with van der Waals surface area (Å²) in [5.74, 6) is 0.522. The molecule has 4 heterocycles. The maximum atomic E-state index is 12.6. The van der Waals surface area contributed by atoms with Crippen LogP contribution < -0.4 is 10.6 Å². The van der Waals surface area contributed by atoms with Crippen molar-refractivity contribution in [3.8, 4) is 0 Å². The molecule has 0 saturated heterocycles. The van der Waals surface area contributed by atoms with Crippen molar-refractivity contribution in [1.82, 2.24) is 20.6 Å². The molecule has 0 saturated carbocycles. The Bertz CT molecular complexity index is 1150. The second-order valence-electron chi connectivity index (χ2n) is 7.31. The molecule has 2 aromatic heterocycles. The normalized spacial score (nSPS) is 15.4. The van der Waals surface area contributed by atoms with Gasteiger partial charge in [0.05, 0.1) is 61.4 Å². The number of pyridine rings is 2. The Morgan fingerprint density at radius 1 is 0.684 bits per heavy atom. The molecule has 0 atom stereocenters. The summed E-state index contributed by atoms with van der Waals surface area (Å²) in [5.41, 5.74) is 1.65. The molecule has 6 nitrogen and oxygen atoms in total. The van der Waals surface area contributed by atoms with Crippen molar-refractivity contribution in [3.63, 3.8) is 0 Å². The number of aromatic nitrogens is 2. The van der Waals surface area contributed by atoms with Crippen LogP contribution in [0.15, 0.2) is 74.2 Å². The lowest BCUT2D eigenvalue weighted by atomic mass is 10.3. The highest BCUT2D eigenvalue weighted by Gasteiger charge is 2.30. The third-order valence-corrected chi connectivity index (χ3v) is 15.9. The van der Waals surface area contributed by atoms with Crippen LogP contribution in [0.3, 0.4) is 0 Å². The molecule has 0 fully saturated rings. The molecule has 2 N–H and O–H groups in total. The van der Waals surface area contributed by atoms with E-state index in [2.05, 4.69) is 33.1 Å². The van der Waals surface area contributed by atoms with E-state index >= 15 is 0 Å². The summed E-state index contributed by atoms with van der Waals surface area (Å²) in [6, 6.07) is 11.3. The van der Waals surface area contributed by atoms with Crippen LogP contribution >= 0.6 is 94.1 Å². The predicted octanol–water partition coefficient (Wildman–Crippen LogP) is 6.94. The van der Waals surface area contributed by atoms with Gasteiger partial charge in [0.2, 0.25) is 11.8 Å². The van der Waals surface area contributed by atoms with Crippen LogP contribution in [-0.4, -0.2) is 45.8 Å². The van der Waals surface area contributed by atoms with E-state index < -0.39 is 0 Å². The van der Waals surface area contributed by atoms with E-state index in [4.69, 9.17) is 0 Å². The van der Waals surface area contributed by atoms with Gasteiger partial charge in [0.15, 0.2) is 0 Å². The molecular formula is C24H24N4O2S8. The van der Waals surface area contributed by atoms with Crippen molar-refractivity contribution in [2.24, 2.45) is 0 Å². The Morgan fingerprint density at radius 3 is 1.47 bits per heavy atom. The fraction of sp³-hybridized carbons (Fsp3) is 0.250. The molecule has 0 unspecified atom stereocenters. The van der Waals surface area contributed by atoms with Crippen LogP contribution in [-0.2, 0) is 22.7 Å². The molecule has 0 radical (unpaired) electrons. The first kappa shape index (κ1) is 30.2. The van der Waals surface area contributed by atoms with Gasteiger partial charge in [-0.2, -0.15) is 0 Å². The molecule has 0 bridgehead atoms. The SMILES string of the molecule is CSC1=C(SC)SC(=C2SC(SCC(=O)NCc3ccccn3)=C(SCC(=O)NCc3ccccn3)S2)S1. The molecule has 200 valence electrons. The van der Waals surface area contributed by atoms with E-state index in [0.717, 1.165) is 19.9 Å². The quantitative estimate of drug-likeness (QED) is 0.248. The Kier molecular flexibility index (Phi) is 12.6. The van der Waals surface area contributed by atoms with Crippen molar-refractivity contribution >= 4 is 106 Å². The van der Waals surface area contributed by atoms with Crippen LogP contribution in [0, 0.1) is 0 Å². The van der Waals surface area contributed by atoms with Gasteiger partial charge in [-0.05, 0) is 36.8 Å². The zero-order chi connectivity index (χ0) is 26.7. The topological polar surface area (TPSA) is 84.0 Å². The van der Waals surface area contributed by atoms with Crippen molar-refractivity contribution < 1.29 is 9.59 Å². The summed E-state index contributed by atoms with van der Waals surface area (Å²) in [4.78, 5) is 33.6. The highest BCUT2D eigenvalue weighted by molar-refractivity contribution is 8.45. The fourth-order valence-electron chi connectivity index (χ4n) is 2.89. The largest absolute Gasteiger partial charge is 0.350 e. The molecule has 0 aliphatic carbocycles. The van der Waals surface area contributed by atoms with Gasteiger partial charge in [-0.3, -0.25) is 19.6 Å².